The molecule has 0 aliphatic heterocycles. The Morgan fingerprint density at radius 2 is 1.91 bits per heavy atom. The second-order valence-electron chi connectivity index (χ2n) is 8.66. The zero-order valence-corrected chi connectivity index (χ0v) is 19.2. The predicted octanol–water partition coefficient (Wildman–Crippen LogP) is 5.76. The Balaban J connectivity index is 1.61. The van der Waals surface area contributed by atoms with Crippen LogP contribution in [0.4, 0.5) is 23.7 Å². The van der Waals surface area contributed by atoms with Gasteiger partial charge in [0.1, 0.15) is 5.75 Å². The van der Waals surface area contributed by atoms with Crippen molar-refractivity contribution in [2.75, 3.05) is 5.32 Å². The van der Waals surface area contributed by atoms with Crippen LogP contribution in [0.3, 0.4) is 0 Å². The summed E-state index contributed by atoms with van der Waals surface area (Å²) >= 11 is 0. The van der Waals surface area contributed by atoms with Crippen molar-refractivity contribution in [2.45, 2.75) is 51.2 Å². The molecule has 2 amide bonds. The minimum atomic E-state index is -4.57. The van der Waals surface area contributed by atoms with Crippen molar-refractivity contribution in [3.63, 3.8) is 0 Å². The van der Waals surface area contributed by atoms with E-state index in [0.717, 1.165) is 43.2 Å². The van der Waals surface area contributed by atoms with E-state index in [4.69, 9.17) is 0 Å². The van der Waals surface area contributed by atoms with Crippen molar-refractivity contribution in [1.82, 2.24) is 15.1 Å². The molecule has 184 valence electrons. The third-order valence-electron chi connectivity index (χ3n) is 5.89. The third-order valence-corrected chi connectivity index (χ3v) is 5.89. The van der Waals surface area contributed by atoms with Crippen molar-refractivity contribution in [3.05, 3.63) is 65.4 Å². The van der Waals surface area contributed by atoms with Crippen LogP contribution in [0.15, 0.2) is 48.5 Å². The lowest BCUT2D eigenvalue weighted by molar-refractivity contribution is -0.137. The lowest BCUT2D eigenvalue weighted by Crippen LogP contribution is -2.36. The van der Waals surface area contributed by atoms with Crippen molar-refractivity contribution in [1.29, 1.82) is 0 Å². The summed E-state index contributed by atoms with van der Waals surface area (Å²) in [6.45, 7) is 3.85. The number of alkyl halides is 3. The minimum Gasteiger partial charge on any atom is -0.507 e. The SMILES string of the molecule is CCC(C)NC(=O)n1nc(-c2cc(NC(=O)c3cccc(C(F)(F)F)c3)ccc2O)cc1C1CC1. The molecular weight excluding hydrogens is 461 g/mol. The number of rotatable bonds is 6. The van der Waals surface area contributed by atoms with Gasteiger partial charge in [0.05, 0.1) is 17.0 Å². The number of aromatic nitrogens is 2. The highest BCUT2D eigenvalue weighted by molar-refractivity contribution is 6.04. The summed E-state index contributed by atoms with van der Waals surface area (Å²) < 4.78 is 40.3. The van der Waals surface area contributed by atoms with Crippen LogP contribution in [0.5, 0.6) is 5.75 Å². The van der Waals surface area contributed by atoms with Crippen molar-refractivity contribution < 1.29 is 27.9 Å². The van der Waals surface area contributed by atoms with E-state index in [1.54, 1.807) is 6.07 Å². The molecule has 1 aliphatic rings. The van der Waals surface area contributed by atoms with Gasteiger partial charge in [-0.2, -0.15) is 23.0 Å². The molecule has 1 aromatic heterocycles. The first-order chi connectivity index (χ1) is 16.6. The molecular formula is C25H25F3N4O3. The first-order valence-electron chi connectivity index (χ1n) is 11.3. The summed E-state index contributed by atoms with van der Waals surface area (Å²) in [6, 6.07) is 9.70. The van der Waals surface area contributed by atoms with E-state index in [9.17, 15) is 27.9 Å². The van der Waals surface area contributed by atoms with Crippen molar-refractivity contribution in [2.24, 2.45) is 0 Å². The molecule has 1 aliphatic carbocycles. The molecule has 3 N–H and O–H groups in total. The number of phenols is 1. The van der Waals surface area contributed by atoms with E-state index in [2.05, 4.69) is 15.7 Å². The molecule has 1 atom stereocenters. The molecule has 1 fully saturated rings. The zero-order chi connectivity index (χ0) is 25.3. The highest BCUT2D eigenvalue weighted by atomic mass is 19.4. The topological polar surface area (TPSA) is 96.3 Å². The number of benzene rings is 2. The molecule has 4 rings (SSSR count). The largest absolute Gasteiger partial charge is 0.507 e. The number of anilines is 1. The highest BCUT2D eigenvalue weighted by Gasteiger charge is 2.32. The number of phenolic OH excluding ortho intramolecular Hbond substituents is 1. The predicted molar refractivity (Wildman–Crippen MR) is 124 cm³/mol. The molecule has 0 radical (unpaired) electrons. The average Bonchev–Trinajstić information content (AvgIpc) is 3.57. The van der Waals surface area contributed by atoms with Crippen LogP contribution in [0.1, 0.15) is 60.6 Å². The van der Waals surface area contributed by atoms with Gasteiger partial charge in [-0.1, -0.05) is 13.0 Å². The van der Waals surface area contributed by atoms with Crippen LogP contribution in [-0.2, 0) is 6.18 Å². The molecule has 0 saturated heterocycles. The second kappa shape index (κ2) is 9.44. The number of aromatic hydroxyl groups is 1. The summed E-state index contributed by atoms with van der Waals surface area (Å²) in [6.07, 6.45) is -1.95. The fourth-order valence-electron chi connectivity index (χ4n) is 3.59. The number of carbonyl (C=O) groups is 2. The summed E-state index contributed by atoms with van der Waals surface area (Å²) in [5.74, 6) is -0.647. The van der Waals surface area contributed by atoms with E-state index in [1.807, 2.05) is 13.8 Å². The molecule has 2 aromatic carbocycles. The van der Waals surface area contributed by atoms with Crippen LogP contribution in [0, 0.1) is 0 Å². The van der Waals surface area contributed by atoms with Gasteiger partial charge < -0.3 is 15.7 Å². The number of hydrogen-bond donors (Lipinski definition) is 3. The first kappa shape index (κ1) is 24.3. The Hall–Kier alpha value is -3.82. The number of carbonyl (C=O) groups excluding carboxylic acids is 2. The maximum atomic E-state index is 13.0. The number of nitrogens with one attached hydrogen (secondary N) is 2. The Bertz CT molecular complexity index is 1270. The van der Waals surface area contributed by atoms with E-state index >= 15 is 0 Å². The fraction of sp³-hybridized carbons (Fsp3) is 0.320. The van der Waals surface area contributed by atoms with Gasteiger partial charge in [0.15, 0.2) is 0 Å². The summed E-state index contributed by atoms with van der Waals surface area (Å²) in [7, 11) is 0. The molecule has 1 unspecified atom stereocenters. The molecule has 0 bridgehead atoms. The number of hydrogen-bond acceptors (Lipinski definition) is 4. The monoisotopic (exact) mass is 486 g/mol. The van der Waals surface area contributed by atoms with Gasteiger partial charge in [0.25, 0.3) is 5.91 Å². The van der Waals surface area contributed by atoms with Gasteiger partial charge in [-0.15, -0.1) is 0 Å². The summed E-state index contributed by atoms with van der Waals surface area (Å²) in [5.41, 5.74) is 0.537. The Morgan fingerprint density at radius 1 is 1.17 bits per heavy atom. The molecule has 1 saturated carbocycles. The lowest BCUT2D eigenvalue weighted by Gasteiger charge is -2.12. The highest BCUT2D eigenvalue weighted by Crippen LogP contribution is 2.42. The van der Waals surface area contributed by atoms with Crippen LogP contribution in [0.25, 0.3) is 11.3 Å². The molecule has 7 nitrogen and oxygen atoms in total. The van der Waals surface area contributed by atoms with E-state index < -0.39 is 17.6 Å². The standard InChI is InChI=1S/C25H25F3N4O3/c1-3-14(2)29-24(35)32-21(15-7-8-15)13-20(31-32)19-12-18(9-10-22(19)33)30-23(34)16-5-4-6-17(11-16)25(26,27)28/h4-6,9-15,33H,3,7-8H2,1-2H3,(H,29,35)(H,30,34). The maximum Gasteiger partial charge on any atom is 0.416 e. The molecule has 3 aromatic rings. The van der Waals surface area contributed by atoms with Crippen LogP contribution >= 0.6 is 0 Å². The van der Waals surface area contributed by atoms with Gasteiger partial charge in [0.2, 0.25) is 0 Å². The van der Waals surface area contributed by atoms with Gasteiger partial charge >= 0.3 is 12.2 Å². The molecule has 10 heteroatoms. The fourth-order valence-corrected chi connectivity index (χ4v) is 3.59. The summed E-state index contributed by atoms with van der Waals surface area (Å²) in [5, 5.41) is 20.3. The number of halogens is 3. The number of amides is 2. The van der Waals surface area contributed by atoms with Gasteiger partial charge in [0, 0.05) is 28.8 Å². The quantitative estimate of drug-likeness (QED) is 0.386. The zero-order valence-electron chi connectivity index (χ0n) is 19.2. The number of nitrogens with zero attached hydrogens (tertiary/aromatic N) is 2. The molecule has 0 spiro atoms. The second-order valence-corrected chi connectivity index (χ2v) is 8.66. The Kier molecular flexibility index (Phi) is 6.56. The molecule has 35 heavy (non-hydrogen) atoms. The van der Waals surface area contributed by atoms with Gasteiger partial charge in [-0.3, -0.25) is 4.79 Å². The van der Waals surface area contributed by atoms with E-state index in [-0.39, 0.29) is 40.6 Å². The van der Waals surface area contributed by atoms with Crippen LogP contribution in [0.2, 0.25) is 0 Å². The Labute approximate surface area is 200 Å². The van der Waals surface area contributed by atoms with Gasteiger partial charge in [-0.25, -0.2) is 4.79 Å². The van der Waals surface area contributed by atoms with Gasteiger partial charge in [-0.05, 0) is 68.7 Å². The third kappa shape index (κ3) is 5.47. The van der Waals surface area contributed by atoms with Crippen molar-refractivity contribution in [3.8, 4) is 17.0 Å². The summed E-state index contributed by atoms with van der Waals surface area (Å²) in [4.78, 5) is 25.3. The van der Waals surface area contributed by atoms with Crippen molar-refractivity contribution >= 4 is 17.6 Å². The Morgan fingerprint density at radius 3 is 2.57 bits per heavy atom. The maximum absolute atomic E-state index is 13.0. The lowest BCUT2D eigenvalue weighted by atomic mass is 10.1. The van der Waals surface area contributed by atoms with E-state index in [1.165, 1.54) is 28.9 Å². The first-order valence-corrected chi connectivity index (χ1v) is 11.3. The minimum absolute atomic E-state index is 0.0370. The smallest absolute Gasteiger partial charge is 0.416 e. The van der Waals surface area contributed by atoms with E-state index in [0.29, 0.717) is 5.69 Å². The average molecular weight is 486 g/mol. The van der Waals surface area contributed by atoms with Crippen LogP contribution in [-0.4, -0.2) is 32.9 Å². The normalized spacial score (nSPS) is 14.4. The van der Waals surface area contributed by atoms with Crippen LogP contribution < -0.4 is 10.6 Å². The molecule has 1 heterocycles.